The molecule has 8 heteroatoms. The van der Waals surface area contributed by atoms with Gasteiger partial charge in [0.1, 0.15) is 23.9 Å². The molecule has 1 aliphatic rings. The van der Waals surface area contributed by atoms with Crippen molar-refractivity contribution in [1.29, 1.82) is 0 Å². The summed E-state index contributed by atoms with van der Waals surface area (Å²) in [5.41, 5.74) is 3.37. The summed E-state index contributed by atoms with van der Waals surface area (Å²) in [5.74, 6) is 0.426. The molecule has 0 radical (unpaired) electrons. The highest BCUT2D eigenvalue weighted by Crippen LogP contribution is 2.18. The molecule has 4 rings (SSSR count). The first-order valence-electron chi connectivity index (χ1n) is 9.85. The van der Waals surface area contributed by atoms with E-state index in [-0.39, 0.29) is 11.7 Å². The van der Waals surface area contributed by atoms with E-state index in [1.807, 2.05) is 42.2 Å². The summed E-state index contributed by atoms with van der Waals surface area (Å²) in [4.78, 5) is 17.1. The monoisotopic (exact) mass is 426 g/mol. The number of benzene rings is 2. The van der Waals surface area contributed by atoms with Gasteiger partial charge >= 0.3 is 0 Å². The fourth-order valence-electron chi connectivity index (χ4n) is 3.39. The summed E-state index contributed by atoms with van der Waals surface area (Å²) in [6.45, 7) is 5.89. The highest BCUT2D eigenvalue weighted by Gasteiger charge is 2.22. The molecule has 3 aromatic rings. The SMILES string of the molecule is Cc1nsnc1COc1cccc(C(=O)N2CCN(Cc3ccc(F)cc3)CC2)c1. The molecule has 1 saturated heterocycles. The highest BCUT2D eigenvalue weighted by molar-refractivity contribution is 6.99. The van der Waals surface area contributed by atoms with Crippen molar-refractivity contribution in [1.82, 2.24) is 18.5 Å². The van der Waals surface area contributed by atoms with Crippen molar-refractivity contribution >= 4 is 17.6 Å². The topological polar surface area (TPSA) is 58.6 Å². The van der Waals surface area contributed by atoms with Crippen molar-refractivity contribution in [2.45, 2.75) is 20.1 Å². The Balaban J connectivity index is 1.31. The van der Waals surface area contributed by atoms with Gasteiger partial charge in [-0.1, -0.05) is 18.2 Å². The van der Waals surface area contributed by atoms with Crippen LogP contribution in [-0.4, -0.2) is 50.6 Å². The summed E-state index contributed by atoms with van der Waals surface area (Å²) in [7, 11) is 0. The molecule has 1 aromatic heterocycles. The van der Waals surface area contributed by atoms with Crippen LogP contribution < -0.4 is 4.74 Å². The molecule has 156 valence electrons. The number of aryl methyl sites for hydroxylation is 1. The number of carbonyl (C=O) groups excluding carboxylic acids is 1. The number of piperazine rings is 1. The van der Waals surface area contributed by atoms with E-state index >= 15 is 0 Å². The zero-order valence-electron chi connectivity index (χ0n) is 16.8. The normalized spacial score (nSPS) is 14.7. The quantitative estimate of drug-likeness (QED) is 0.604. The largest absolute Gasteiger partial charge is 0.487 e. The Bertz CT molecular complexity index is 1000. The molecule has 0 spiro atoms. The molecule has 1 aliphatic heterocycles. The number of nitrogens with zero attached hydrogens (tertiary/aromatic N) is 4. The predicted molar refractivity (Wildman–Crippen MR) is 113 cm³/mol. The summed E-state index contributed by atoms with van der Waals surface area (Å²) >= 11 is 1.17. The van der Waals surface area contributed by atoms with Crippen molar-refractivity contribution in [2.24, 2.45) is 0 Å². The average Bonchev–Trinajstić information content (AvgIpc) is 3.19. The molecule has 2 aromatic carbocycles. The lowest BCUT2D eigenvalue weighted by Crippen LogP contribution is -2.48. The minimum Gasteiger partial charge on any atom is -0.487 e. The Morgan fingerprint density at radius 1 is 1.10 bits per heavy atom. The first kappa shape index (κ1) is 20.4. The molecule has 30 heavy (non-hydrogen) atoms. The molecular formula is C22H23FN4O2S. The summed E-state index contributed by atoms with van der Waals surface area (Å²) < 4.78 is 27.2. The number of hydrogen-bond donors (Lipinski definition) is 0. The van der Waals surface area contributed by atoms with Gasteiger partial charge in [0.05, 0.1) is 17.4 Å². The van der Waals surface area contributed by atoms with E-state index in [4.69, 9.17) is 4.74 Å². The molecule has 1 amide bonds. The molecule has 0 N–H and O–H groups in total. The second-order valence-corrected chi connectivity index (χ2v) is 7.84. The third kappa shape index (κ3) is 5.01. The van der Waals surface area contributed by atoms with Crippen LogP contribution in [0.15, 0.2) is 48.5 Å². The van der Waals surface area contributed by atoms with Crippen LogP contribution in [0.2, 0.25) is 0 Å². The maximum atomic E-state index is 13.1. The lowest BCUT2D eigenvalue weighted by Gasteiger charge is -2.34. The Labute approximate surface area is 179 Å². The molecule has 0 aliphatic carbocycles. The van der Waals surface area contributed by atoms with Gasteiger partial charge in [-0.25, -0.2) is 4.39 Å². The molecule has 2 heterocycles. The maximum Gasteiger partial charge on any atom is 0.254 e. The van der Waals surface area contributed by atoms with Gasteiger partial charge in [-0.15, -0.1) is 0 Å². The van der Waals surface area contributed by atoms with Gasteiger partial charge in [-0.3, -0.25) is 9.69 Å². The third-order valence-electron chi connectivity index (χ3n) is 5.18. The molecule has 1 fully saturated rings. The number of rotatable bonds is 6. The Hall–Kier alpha value is -2.84. The summed E-state index contributed by atoms with van der Waals surface area (Å²) in [6, 6.07) is 13.8. The summed E-state index contributed by atoms with van der Waals surface area (Å²) in [6.07, 6.45) is 0. The summed E-state index contributed by atoms with van der Waals surface area (Å²) in [5, 5.41) is 0. The smallest absolute Gasteiger partial charge is 0.254 e. The van der Waals surface area contributed by atoms with Crippen molar-refractivity contribution < 1.29 is 13.9 Å². The standard InChI is InChI=1S/C22H23FN4O2S/c1-16-21(25-30-24-16)15-29-20-4-2-3-18(13-20)22(28)27-11-9-26(10-12-27)14-17-5-7-19(23)8-6-17/h2-8,13H,9-12,14-15H2,1H3. The van der Waals surface area contributed by atoms with Gasteiger partial charge in [0, 0.05) is 38.3 Å². The van der Waals surface area contributed by atoms with Crippen LogP contribution in [0.3, 0.4) is 0 Å². The van der Waals surface area contributed by atoms with Gasteiger partial charge in [0.25, 0.3) is 5.91 Å². The number of amides is 1. The average molecular weight is 427 g/mol. The van der Waals surface area contributed by atoms with Crippen LogP contribution in [0.1, 0.15) is 27.3 Å². The molecule has 6 nitrogen and oxygen atoms in total. The van der Waals surface area contributed by atoms with Crippen LogP contribution in [0.5, 0.6) is 5.75 Å². The minimum absolute atomic E-state index is 0.00777. The molecule has 0 saturated carbocycles. The number of aromatic nitrogens is 2. The first-order valence-corrected chi connectivity index (χ1v) is 10.6. The van der Waals surface area contributed by atoms with E-state index in [0.717, 1.165) is 36.6 Å². The molecule has 0 atom stereocenters. The number of hydrogen-bond acceptors (Lipinski definition) is 6. The van der Waals surface area contributed by atoms with Crippen molar-refractivity contribution in [3.63, 3.8) is 0 Å². The molecular weight excluding hydrogens is 403 g/mol. The fourth-order valence-corrected chi connectivity index (χ4v) is 3.94. The predicted octanol–water partition coefficient (Wildman–Crippen LogP) is 3.52. The van der Waals surface area contributed by atoms with Crippen molar-refractivity contribution in [2.75, 3.05) is 26.2 Å². The zero-order chi connectivity index (χ0) is 20.9. The zero-order valence-corrected chi connectivity index (χ0v) is 17.6. The van der Waals surface area contributed by atoms with Gasteiger partial charge in [-0.05, 0) is 42.8 Å². The van der Waals surface area contributed by atoms with Gasteiger partial charge in [0.2, 0.25) is 0 Å². The highest BCUT2D eigenvalue weighted by atomic mass is 32.1. The van der Waals surface area contributed by atoms with E-state index in [1.165, 1.54) is 23.9 Å². The lowest BCUT2D eigenvalue weighted by atomic mass is 10.1. The maximum absolute atomic E-state index is 13.1. The first-order chi connectivity index (χ1) is 14.6. The molecule has 0 bridgehead atoms. The van der Waals surface area contributed by atoms with E-state index in [0.29, 0.717) is 31.0 Å². The Morgan fingerprint density at radius 3 is 2.57 bits per heavy atom. The lowest BCUT2D eigenvalue weighted by molar-refractivity contribution is 0.0628. The van der Waals surface area contributed by atoms with Crippen LogP contribution >= 0.6 is 11.7 Å². The van der Waals surface area contributed by atoms with E-state index in [2.05, 4.69) is 13.6 Å². The van der Waals surface area contributed by atoms with E-state index in [1.54, 1.807) is 6.07 Å². The fraction of sp³-hybridized carbons (Fsp3) is 0.318. The Kier molecular flexibility index (Phi) is 6.35. The van der Waals surface area contributed by atoms with Crippen LogP contribution in [0.4, 0.5) is 4.39 Å². The van der Waals surface area contributed by atoms with Gasteiger partial charge in [0.15, 0.2) is 0 Å². The molecule has 0 unspecified atom stereocenters. The van der Waals surface area contributed by atoms with E-state index < -0.39 is 0 Å². The van der Waals surface area contributed by atoms with Crippen LogP contribution in [-0.2, 0) is 13.2 Å². The number of halogens is 1. The van der Waals surface area contributed by atoms with Gasteiger partial charge in [-0.2, -0.15) is 8.75 Å². The number of carbonyl (C=O) groups is 1. The minimum atomic E-state index is -0.223. The van der Waals surface area contributed by atoms with E-state index in [9.17, 15) is 9.18 Å². The number of ether oxygens (including phenoxy) is 1. The Morgan fingerprint density at radius 2 is 1.87 bits per heavy atom. The van der Waals surface area contributed by atoms with Crippen LogP contribution in [0, 0.1) is 12.7 Å². The second-order valence-electron chi connectivity index (χ2n) is 7.31. The second kappa shape index (κ2) is 9.32. The van der Waals surface area contributed by atoms with Crippen molar-refractivity contribution in [3.8, 4) is 5.75 Å². The third-order valence-corrected chi connectivity index (χ3v) is 5.84. The van der Waals surface area contributed by atoms with Crippen LogP contribution in [0.25, 0.3) is 0 Å². The van der Waals surface area contributed by atoms with Gasteiger partial charge < -0.3 is 9.64 Å². The van der Waals surface area contributed by atoms with Crippen molar-refractivity contribution in [3.05, 3.63) is 76.9 Å².